The van der Waals surface area contributed by atoms with Gasteiger partial charge < -0.3 is 14.0 Å². The van der Waals surface area contributed by atoms with Crippen molar-refractivity contribution in [2.24, 2.45) is 4.99 Å². The van der Waals surface area contributed by atoms with Crippen LogP contribution in [0.15, 0.2) is 70.2 Å². The summed E-state index contributed by atoms with van der Waals surface area (Å²) in [6.45, 7) is 9.91. The van der Waals surface area contributed by atoms with E-state index in [1.54, 1.807) is 24.4 Å². The fourth-order valence-corrected chi connectivity index (χ4v) is 3.65. The molecule has 0 amide bonds. The quantitative estimate of drug-likeness (QED) is 0.323. The molecule has 4 rings (SSSR count). The Kier molecular flexibility index (Phi) is 5.77. The largest absolute Gasteiger partial charge is 0.454 e. The Morgan fingerprint density at radius 2 is 1.91 bits per heavy atom. The number of hydrogen-bond donors (Lipinski definition) is 0. The Morgan fingerprint density at radius 1 is 1.16 bits per heavy atom. The highest BCUT2D eigenvalue weighted by atomic mass is 16.7. The normalized spacial score (nSPS) is 13.2. The summed E-state index contributed by atoms with van der Waals surface area (Å²) in [6, 6.07) is 8.86. The highest BCUT2D eigenvalue weighted by Crippen LogP contribution is 2.35. The number of aryl methyl sites for hydroxylation is 2. The minimum absolute atomic E-state index is 0.0917. The molecule has 0 N–H and O–H groups in total. The lowest BCUT2D eigenvalue weighted by molar-refractivity contribution is 0.103. The van der Waals surface area contributed by atoms with E-state index in [1.165, 1.54) is 0 Å². The summed E-state index contributed by atoms with van der Waals surface area (Å²) in [7, 11) is 0. The van der Waals surface area contributed by atoms with Crippen LogP contribution in [-0.4, -0.2) is 23.9 Å². The number of aromatic nitrogens is 1. The van der Waals surface area contributed by atoms with Gasteiger partial charge in [-0.25, -0.2) is 0 Å². The number of nitrogens with zero attached hydrogens (tertiary/aromatic N) is 2. The highest BCUT2D eigenvalue weighted by Gasteiger charge is 2.22. The number of ether oxygens (including phenoxy) is 2. The zero-order valence-corrected chi connectivity index (χ0v) is 18.3. The topological polar surface area (TPSA) is 69.9 Å². The zero-order valence-electron chi connectivity index (χ0n) is 18.3. The summed E-state index contributed by atoms with van der Waals surface area (Å²) in [5.41, 5.74) is 3.62. The minimum Gasteiger partial charge on any atom is -0.454 e. The summed E-state index contributed by atoms with van der Waals surface area (Å²) >= 11 is 0. The molecule has 0 saturated heterocycles. The van der Waals surface area contributed by atoms with Crippen LogP contribution in [0.2, 0.25) is 0 Å². The maximum absolute atomic E-state index is 13.4. The predicted octanol–water partition coefficient (Wildman–Crippen LogP) is 4.74. The molecule has 0 fully saturated rings. The Morgan fingerprint density at radius 3 is 2.59 bits per heavy atom. The molecule has 0 unspecified atom stereocenters. The average Bonchev–Trinajstić information content (AvgIpc) is 3.26. The molecule has 1 aliphatic rings. The molecule has 0 radical (unpaired) electrons. The zero-order chi connectivity index (χ0) is 22.8. The average molecular weight is 428 g/mol. The van der Waals surface area contributed by atoms with Crippen molar-refractivity contribution in [2.75, 3.05) is 6.79 Å². The SMILES string of the molecule is C=N/C(=C\C=C/C)Cn1cc(C(=O)c2ccc(C)c(C)c2)c(=O)c2cc3c(cc21)OCO3. The lowest BCUT2D eigenvalue weighted by Gasteiger charge is -2.14. The van der Waals surface area contributed by atoms with E-state index >= 15 is 0 Å². The lowest BCUT2D eigenvalue weighted by Crippen LogP contribution is -2.20. The summed E-state index contributed by atoms with van der Waals surface area (Å²) < 4.78 is 12.8. The van der Waals surface area contributed by atoms with Gasteiger partial charge in [0.2, 0.25) is 12.2 Å². The van der Waals surface area contributed by atoms with Crippen LogP contribution in [0.1, 0.15) is 34.0 Å². The third kappa shape index (κ3) is 3.87. The second-order valence-electron chi connectivity index (χ2n) is 7.69. The number of pyridine rings is 1. The van der Waals surface area contributed by atoms with E-state index in [4.69, 9.17) is 9.47 Å². The van der Waals surface area contributed by atoms with Crippen molar-refractivity contribution in [2.45, 2.75) is 27.3 Å². The van der Waals surface area contributed by atoms with Gasteiger partial charge in [-0.3, -0.25) is 14.6 Å². The molecule has 2 aromatic carbocycles. The van der Waals surface area contributed by atoms with Crippen LogP contribution < -0.4 is 14.9 Å². The van der Waals surface area contributed by atoms with Gasteiger partial charge in [0.1, 0.15) is 0 Å². The minimum atomic E-state index is -0.344. The predicted molar refractivity (Wildman–Crippen MR) is 126 cm³/mol. The first kappa shape index (κ1) is 21.3. The van der Waals surface area contributed by atoms with Gasteiger partial charge in [0, 0.05) is 17.8 Å². The van der Waals surface area contributed by atoms with E-state index in [0.29, 0.717) is 40.2 Å². The first-order valence-corrected chi connectivity index (χ1v) is 10.3. The fourth-order valence-electron chi connectivity index (χ4n) is 3.65. The van der Waals surface area contributed by atoms with E-state index in [2.05, 4.69) is 11.7 Å². The Balaban J connectivity index is 1.93. The Hall–Kier alpha value is -3.93. The molecular weight excluding hydrogens is 404 g/mol. The molecule has 3 aromatic rings. The Bertz CT molecular complexity index is 1360. The molecule has 0 saturated carbocycles. The monoisotopic (exact) mass is 428 g/mol. The van der Waals surface area contributed by atoms with E-state index in [1.807, 2.05) is 55.7 Å². The van der Waals surface area contributed by atoms with Gasteiger partial charge >= 0.3 is 0 Å². The number of hydrogen-bond acceptors (Lipinski definition) is 5. The maximum Gasteiger partial charge on any atom is 0.231 e. The van der Waals surface area contributed by atoms with Gasteiger partial charge in [-0.05, 0) is 56.8 Å². The van der Waals surface area contributed by atoms with Crippen molar-refractivity contribution in [1.82, 2.24) is 4.57 Å². The summed E-state index contributed by atoms with van der Waals surface area (Å²) in [5.74, 6) is 0.727. The number of fused-ring (bicyclic) bond motifs is 2. The number of aliphatic imine (C=N–C) groups is 1. The molecule has 6 heteroatoms. The molecule has 0 aliphatic carbocycles. The molecule has 1 aliphatic heterocycles. The van der Waals surface area contributed by atoms with E-state index in [-0.39, 0.29) is 23.6 Å². The van der Waals surface area contributed by atoms with Gasteiger partial charge in [0.15, 0.2) is 17.3 Å². The number of allylic oxidation sites excluding steroid dienone is 4. The van der Waals surface area contributed by atoms with Crippen molar-refractivity contribution in [3.63, 3.8) is 0 Å². The second kappa shape index (κ2) is 8.67. The highest BCUT2D eigenvalue weighted by molar-refractivity contribution is 6.10. The first-order chi connectivity index (χ1) is 15.4. The van der Waals surface area contributed by atoms with E-state index < -0.39 is 0 Å². The van der Waals surface area contributed by atoms with Gasteiger partial charge in [-0.1, -0.05) is 24.3 Å². The van der Waals surface area contributed by atoms with Gasteiger partial charge in [0.05, 0.1) is 28.7 Å². The smallest absolute Gasteiger partial charge is 0.231 e. The van der Waals surface area contributed by atoms with Gasteiger partial charge in [-0.15, -0.1) is 0 Å². The number of ketones is 1. The van der Waals surface area contributed by atoms with Crippen molar-refractivity contribution >= 4 is 23.4 Å². The number of carbonyl (C=O) groups excluding carboxylic acids is 1. The number of rotatable bonds is 6. The Labute approximate surface area is 186 Å². The number of benzene rings is 2. The molecule has 2 heterocycles. The number of carbonyl (C=O) groups is 1. The van der Waals surface area contributed by atoms with E-state index in [0.717, 1.165) is 11.1 Å². The van der Waals surface area contributed by atoms with Crippen LogP contribution in [0, 0.1) is 13.8 Å². The molecule has 162 valence electrons. The first-order valence-electron chi connectivity index (χ1n) is 10.3. The van der Waals surface area contributed by atoms with Crippen molar-refractivity contribution in [1.29, 1.82) is 0 Å². The molecule has 0 atom stereocenters. The molecule has 6 nitrogen and oxygen atoms in total. The van der Waals surface area contributed by atoms with Crippen LogP contribution in [0.4, 0.5) is 0 Å². The third-order valence-corrected chi connectivity index (χ3v) is 5.60. The van der Waals surface area contributed by atoms with Crippen LogP contribution in [0.25, 0.3) is 10.9 Å². The van der Waals surface area contributed by atoms with Crippen LogP contribution in [-0.2, 0) is 6.54 Å². The van der Waals surface area contributed by atoms with Crippen molar-refractivity contribution in [3.8, 4) is 11.5 Å². The third-order valence-electron chi connectivity index (χ3n) is 5.60. The molecule has 32 heavy (non-hydrogen) atoms. The molecule has 1 aromatic heterocycles. The second-order valence-corrected chi connectivity index (χ2v) is 7.69. The van der Waals surface area contributed by atoms with Crippen LogP contribution in [0.5, 0.6) is 11.5 Å². The summed E-state index contributed by atoms with van der Waals surface area (Å²) in [5, 5.41) is 0.387. The summed E-state index contributed by atoms with van der Waals surface area (Å²) in [4.78, 5) is 30.8. The van der Waals surface area contributed by atoms with Crippen LogP contribution >= 0.6 is 0 Å². The van der Waals surface area contributed by atoms with Crippen LogP contribution in [0.3, 0.4) is 0 Å². The van der Waals surface area contributed by atoms with Crippen molar-refractivity contribution in [3.05, 3.63) is 92.9 Å². The fraction of sp³-hybridized carbons (Fsp3) is 0.192. The molecule has 0 bridgehead atoms. The van der Waals surface area contributed by atoms with Crippen molar-refractivity contribution < 1.29 is 14.3 Å². The van der Waals surface area contributed by atoms with E-state index in [9.17, 15) is 9.59 Å². The molecule has 0 spiro atoms. The van der Waals surface area contributed by atoms with Gasteiger partial charge in [0.25, 0.3) is 0 Å². The standard InChI is InChI=1S/C26H24N2O4/c1-5-6-7-19(27-4)13-28-14-21(25(29)18-9-8-16(2)17(3)10-18)26(30)20-11-23-24(12-22(20)28)32-15-31-23/h5-12,14H,4,13,15H2,1-3H3/b6-5-,19-7-. The summed E-state index contributed by atoms with van der Waals surface area (Å²) in [6.07, 6.45) is 7.19. The molecular formula is C26H24N2O4. The van der Waals surface area contributed by atoms with Gasteiger partial charge in [-0.2, -0.15) is 0 Å². The maximum atomic E-state index is 13.4. The lowest BCUT2D eigenvalue weighted by atomic mass is 9.98.